The zero-order valence-corrected chi connectivity index (χ0v) is 11.3. The second-order valence-corrected chi connectivity index (χ2v) is 5.54. The summed E-state index contributed by atoms with van der Waals surface area (Å²) in [5.41, 5.74) is 0.618. The van der Waals surface area contributed by atoms with E-state index in [4.69, 9.17) is 11.6 Å². The molecule has 18 heavy (non-hydrogen) atoms. The van der Waals surface area contributed by atoms with Crippen LogP contribution >= 0.6 is 11.6 Å². The van der Waals surface area contributed by atoms with Gasteiger partial charge in [-0.15, -0.1) is 0 Å². The number of nitrogens with one attached hydrogen (secondary N) is 2. The lowest BCUT2D eigenvalue weighted by Crippen LogP contribution is -2.45. The highest BCUT2D eigenvalue weighted by Crippen LogP contribution is 2.24. The predicted molar refractivity (Wildman–Crippen MR) is 71.8 cm³/mol. The topological polar surface area (TPSA) is 54.0 Å². The fraction of sp³-hybridized carbons (Fsp3) is 0.538. The fourth-order valence-corrected chi connectivity index (χ4v) is 2.42. The zero-order chi connectivity index (χ0) is 13.0. The van der Waals surface area contributed by atoms with Crippen LogP contribution in [0.25, 0.3) is 0 Å². The van der Waals surface area contributed by atoms with E-state index in [0.717, 1.165) is 25.9 Å². The smallest absolute Gasteiger partial charge is 0.252 e. The average molecular weight is 268 g/mol. The Bertz CT molecular complexity index is 430. The maximum absolute atomic E-state index is 12.0. The first-order valence-electron chi connectivity index (χ1n) is 6.19. The second kappa shape index (κ2) is 5.67. The number of rotatable bonds is 3. The molecule has 1 aromatic rings. The van der Waals surface area contributed by atoms with Gasteiger partial charge in [0.25, 0.3) is 5.91 Å². The van der Waals surface area contributed by atoms with Crippen LogP contribution in [-0.2, 0) is 0 Å². The SMILES string of the molecule is CC1(CNC(=O)c2ccncc2Cl)CCCNC1. The molecule has 4 nitrogen and oxygen atoms in total. The molecule has 5 heteroatoms. The van der Waals surface area contributed by atoms with Crippen LogP contribution in [0.1, 0.15) is 30.1 Å². The monoisotopic (exact) mass is 267 g/mol. The van der Waals surface area contributed by atoms with E-state index in [1.165, 1.54) is 6.20 Å². The molecule has 1 aliphatic rings. The number of hydrogen-bond acceptors (Lipinski definition) is 3. The molecule has 0 saturated carbocycles. The molecule has 1 fully saturated rings. The van der Waals surface area contributed by atoms with Crippen molar-refractivity contribution in [3.63, 3.8) is 0 Å². The third kappa shape index (κ3) is 3.21. The summed E-state index contributed by atoms with van der Waals surface area (Å²) < 4.78 is 0. The summed E-state index contributed by atoms with van der Waals surface area (Å²) >= 11 is 5.94. The van der Waals surface area contributed by atoms with Crippen molar-refractivity contribution in [1.82, 2.24) is 15.6 Å². The largest absolute Gasteiger partial charge is 0.351 e. The van der Waals surface area contributed by atoms with Crippen LogP contribution in [0.5, 0.6) is 0 Å². The molecule has 0 aromatic carbocycles. The van der Waals surface area contributed by atoms with Gasteiger partial charge in [0.15, 0.2) is 0 Å². The molecule has 0 aliphatic carbocycles. The highest BCUT2D eigenvalue weighted by molar-refractivity contribution is 6.33. The maximum atomic E-state index is 12.0. The molecule has 2 N–H and O–H groups in total. The molecule has 1 saturated heterocycles. The number of amides is 1. The van der Waals surface area contributed by atoms with Crippen LogP contribution in [0.15, 0.2) is 18.5 Å². The van der Waals surface area contributed by atoms with E-state index in [9.17, 15) is 4.79 Å². The van der Waals surface area contributed by atoms with Crippen molar-refractivity contribution in [2.45, 2.75) is 19.8 Å². The first-order chi connectivity index (χ1) is 8.61. The molecule has 1 aliphatic heterocycles. The van der Waals surface area contributed by atoms with Gasteiger partial charge in [0.05, 0.1) is 10.6 Å². The lowest BCUT2D eigenvalue weighted by Gasteiger charge is -2.34. The summed E-state index contributed by atoms with van der Waals surface area (Å²) in [6, 6.07) is 1.64. The molecule has 0 spiro atoms. The van der Waals surface area contributed by atoms with E-state index in [2.05, 4.69) is 22.5 Å². The lowest BCUT2D eigenvalue weighted by molar-refractivity contribution is 0.0924. The third-order valence-corrected chi connectivity index (χ3v) is 3.68. The van der Waals surface area contributed by atoms with E-state index in [0.29, 0.717) is 17.1 Å². The van der Waals surface area contributed by atoms with Gasteiger partial charge in [0.1, 0.15) is 0 Å². The van der Waals surface area contributed by atoms with Crippen LogP contribution in [-0.4, -0.2) is 30.5 Å². The molecular formula is C13H18ClN3O. The maximum Gasteiger partial charge on any atom is 0.252 e. The normalized spacial score (nSPS) is 23.7. The van der Waals surface area contributed by atoms with Crippen molar-refractivity contribution in [3.8, 4) is 0 Å². The summed E-state index contributed by atoms with van der Waals surface area (Å²) in [5, 5.41) is 6.71. The first kappa shape index (κ1) is 13.3. The van der Waals surface area contributed by atoms with Gasteiger partial charge in [0, 0.05) is 25.5 Å². The second-order valence-electron chi connectivity index (χ2n) is 5.13. The Morgan fingerprint density at radius 1 is 1.67 bits per heavy atom. The number of pyridine rings is 1. The number of carbonyl (C=O) groups is 1. The summed E-state index contributed by atoms with van der Waals surface area (Å²) in [6.07, 6.45) is 5.35. The van der Waals surface area contributed by atoms with E-state index in [-0.39, 0.29) is 11.3 Å². The summed E-state index contributed by atoms with van der Waals surface area (Å²) in [4.78, 5) is 15.9. The Hall–Kier alpha value is -1.13. The van der Waals surface area contributed by atoms with Crippen LogP contribution in [0.4, 0.5) is 0 Å². The number of carbonyl (C=O) groups excluding carboxylic acids is 1. The predicted octanol–water partition coefficient (Wildman–Crippen LogP) is 1.85. The summed E-state index contributed by atoms with van der Waals surface area (Å²) in [7, 11) is 0. The molecule has 98 valence electrons. The molecule has 2 heterocycles. The Balaban J connectivity index is 1.94. The number of aromatic nitrogens is 1. The van der Waals surface area contributed by atoms with Gasteiger partial charge in [-0.3, -0.25) is 9.78 Å². The Morgan fingerprint density at radius 2 is 2.50 bits per heavy atom. The molecule has 1 atom stereocenters. The van der Waals surface area contributed by atoms with Crippen molar-refractivity contribution in [2.75, 3.05) is 19.6 Å². The van der Waals surface area contributed by atoms with E-state index >= 15 is 0 Å². The standard InChI is InChI=1S/C13H18ClN3O/c1-13(4-2-5-16-8-13)9-17-12(18)10-3-6-15-7-11(10)14/h3,6-7,16H,2,4-5,8-9H2,1H3,(H,17,18). The van der Waals surface area contributed by atoms with Gasteiger partial charge in [-0.2, -0.15) is 0 Å². The minimum Gasteiger partial charge on any atom is -0.351 e. The van der Waals surface area contributed by atoms with Gasteiger partial charge < -0.3 is 10.6 Å². The van der Waals surface area contributed by atoms with Gasteiger partial charge in [-0.25, -0.2) is 0 Å². The number of nitrogens with zero attached hydrogens (tertiary/aromatic N) is 1. The first-order valence-corrected chi connectivity index (χ1v) is 6.57. The fourth-order valence-electron chi connectivity index (χ4n) is 2.22. The van der Waals surface area contributed by atoms with Crippen LogP contribution in [0, 0.1) is 5.41 Å². The molecular weight excluding hydrogens is 250 g/mol. The lowest BCUT2D eigenvalue weighted by atomic mass is 9.83. The van der Waals surface area contributed by atoms with Crippen molar-refractivity contribution < 1.29 is 4.79 Å². The summed E-state index contributed by atoms with van der Waals surface area (Å²) in [5.74, 6) is -0.130. The molecule has 1 unspecified atom stereocenters. The average Bonchev–Trinajstić information content (AvgIpc) is 2.38. The number of hydrogen-bond donors (Lipinski definition) is 2. The van der Waals surface area contributed by atoms with Crippen LogP contribution < -0.4 is 10.6 Å². The Morgan fingerprint density at radius 3 is 3.17 bits per heavy atom. The van der Waals surface area contributed by atoms with E-state index in [1.54, 1.807) is 12.3 Å². The van der Waals surface area contributed by atoms with Gasteiger partial charge >= 0.3 is 0 Å². The van der Waals surface area contributed by atoms with Crippen molar-refractivity contribution >= 4 is 17.5 Å². The van der Waals surface area contributed by atoms with Crippen molar-refractivity contribution in [1.29, 1.82) is 0 Å². The van der Waals surface area contributed by atoms with Gasteiger partial charge in [-0.05, 0) is 30.9 Å². The van der Waals surface area contributed by atoms with E-state index < -0.39 is 0 Å². The summed E-state index contributed by atoms with van der Waals surface area (Å²) in [6.45, 7) is 4.86. The van der Waals surface area contributed by atoms with Crippen LogP contribution in [0.2, 0.25) is 5.02 Å². The van der Waals surface area contributed by atoms with E-state index in [1.807, 2.05) is 0 Å². The van der Waals surface area contributed by atoms with Gasteiger partial charge in [-0.1, -0.05) is 18.5 Å². The highest BCUT2D eigenvalue weighted by Gasteiger charge is 2.27. The number of piperidine rings is 1. The molecule has 0 bridgehead atoms. The molecule has 1 aromatic heterocycles. The minimum atomic E-state index is -0.130. The van der Waals surface area contributed by atoms with Gasteiger partial charge in [0.2, 0.25) is 0 Å². The Kier molecular flexibility index (Phi) is 4.19. The molecule has 2 rings (SSSR count). The zero-order valence-electron chi connectivity index (χ0n) is 10.5. The van der Waals surface area contributed by atoms with Crippen LogP contribution in [0.3, 0.4) is 0 Å². The highest BCUT2D eigenvalue weighted by atomic mass is 35.5. The minimum absolute atomic E-state index is 0.130. The van der Waals surface area contributed by atoms with Crippen molar-refractivity contribution in [2.24, 2.45) is 5.41 Å². The Labute approximate surface area is 112 Å². The van der Waals surface area contributed by atoms with Crippen molar-refractivity contribution in [3.05, 3.63) is 29.0 Å². The number of halogens is 1. The molecule has 0 radical (unpaired) electrons. The quantitative estimate of drug-likeness (QED) is 0.879. The third-order valence-electron chi connectivity index (χ3n) is 3.38. The molecule has 1 amide bonds.